The van der Waals surface area contributed by atoms with Crippen molar-refractivity contribution in [3.05, 3.63) is 30.2 Å². The predicted octanol–water partition coefficient (Wildman–Crippen LogP) is 0.819. The Balaban J connectivity index is 1.57. The minimum Gasteiger partial charge on any atom is -0.333 e. The maximum atomic E-state index is 4.99. The third-order valence-corrected chi connectivity index (χ3v) is 5.69. The van der Waals surface area contributed by atoms with Gasteiger partial charge in [-0.25, -0.2) is 14.6 Å². The smallest absolute Gasteiger partial charge is 0.183 e. The van der Waals surface area contributed by atoms with Gasteiger partial charge in [-0.1, -0.05) is 0 Å². The number of piperidine rings is 1. The van der Waals surface area contributed by atoms with E-state index in [4.69, 9.17) is 15.1 Å². The number of rotatable bonds is 3. The van der Waals surface area contributed by atoms with E-state index < -0.39 is 0 Å². The third kappa shape index (κ3) is 3.24. The number of hydrogen-bond donors (Lipinski definition) is 1. The molecule has 148 valence electrons. The predicted molar refractivity (Wildman–Crippen MR) is 105 cm³/mol. The molecule has 0 aromatic carbocycles. The van der Waals surface area contributed by atoms with Crippen LogP contribution in [0.2, 0.25) is 0 Å². The topological polar surface area (TPSA) is 81.6 Å². The van der Waals surface area contributed by atoms with Crippen molar-refractivity contribution in [3.63, 3.8) is 0 Å². The number of imidazole rings is 1. The van der Waals surface area contributed by atoms with Crippen molar-refractivity contribution < 1.29 is 0 Å². The molecule has 0 spiro atoms. The second-order valence-electron chi connectivity index (χ2n) is 7.91. The van der Waals surface area contributed by atoms with Gasteiger partial charge in [0.1, 0.15) is 17.2 Å². The SMILES string of the molecule is CN1CCCC(c2nc(-c3cn4c(n3)CCNCC4)n(-c3cnn(C)c3)n2)C1. The van der Waals surface area contributed by atoms with Gasteiger partial charge in [0.05, 0.1) is 12.4 Å². The molecule has 5 rings (SSSR count). The molecule has 9 heteroatoms. The molecule has 3 aromatic heterocycles. The molecule has 0 amide bonds. The van der Waals surface area contributed by atoms with Crippen LogP contribution < -0.4 is 5.32 Å². The molecule has 2 aliphatic heterocycles. The second-order valence-corrected chi connectivity index (χ2v) is 7.91. The van der Waals surface area contributed by atoms with E-state index >= 15 is 0 Å². The number of nitrogens with one attached hydrogen (secondary N) is 1. The van der Waals surface area contributed by atoms with Gasteiger partial charge >= 0.3 is 0 Å². The van der Waals surface area contributed by atoms with Crippen molar-refractivity contribution in [1.82, 2.24) is 44.3 Å². The quantitative estimate of drug-likeness (QED) is 0.723. The monoisotopic (exact) mass is 381 g/mol. The summed E-state index contributed by atoms with van der Waals surface area (Å²) in [5.74, 6) is 3.19. The molecule has 1 atom stereocenters. The minimum atomic E-state index is 0.361. The number of aromatic nitrogens is 7. The van der Waals surface area contributed by atoms with Gasteiger partial charge in [0, 0.05) is 51.8 Å². The highest BCUT2D eigenvalue weighted by atomic mass is 15.4. The molecule has 9 nitrogen and oxygen atoms in total. The molecular formula is C19H27N9. The lowest BCUT2D eigenvalue weighted by Gasteiger charge is -2.27. The van der Waals surface area contributed by atoms with Crippen molar-refractivity contribution in [2.45, 2.75) is 31.7 Å². The summed E-state index contributed by atoms with van der Waals surface area (Å²) in [7, 11) is 4.09. The fraction of sp³-hybridized carbons (Fsp3) is 0.579. The van der Waals surface area contributed by atoms with E-state index in [0.29, 0.717) is 5.92 Å². The molecule has 0 radical (unpaired) electrons. The Kier molecular flexibility index (Phi) is 4.48. The van der Waals surface area contributed by atoms with Crippen LogP contribution in [0.3, 0.4) is 0 Å². The van der Waals surface area contributed by atoms with Gasteiger partial charge in [0.15, 0.2) is 11.6 Å². The van der Waals surface area contributed by atoms with Gasteiger partial charge in [0.25, 0.3) is 0 Å². The molecule has 28 heavy (non-hydrogen) atoms. The van der Waals surface area contributed by atoms with Crippen LogP contribution in [0.5, 0.6) is 0 Å². The molecule has 1 saturated heterocycles. The normalized spacial score (nSPS) is 20.9. The van der Waals surface area contributed by atoms with E-state index in [2.05, 4.69) is 33.1 Å². The first-order chi connectivity index (χ1) is 13.7. The fourth-order valence-electron chi connectivity index (χ4n) is 4.22. The number of nitrogens with zero attached hydrogens (tertiary/aromatic N) is 8. The van der Waals surface area contributed by atoms with Gasteiger partial charge in [-0.05, 0) is 26.4 Å². The van der Waals surface area contributed by atoms with Gasteiger partial charge < -0.3 is 14.8 Å². The molecule has 0 aliphatic carbocycles. The lowest BCUT2D eigenvalue weighted by molar-refractivity contribution is 0.246. The van der Waals surface area contributed by atoms with Crippen molar-refractivity contribution in [3.8, 4) is 17.2 Å². The molecule has 0 bridgehead atoms. The van der Waals surface area contributed by atoms with Gasteiger partial charge in [-0.3, -0.25) is 4.68 Å². The van der Waals surface area contributed by atoms with Gasteiger partial charge in [0.2, 0.25) is 0 Å². The highest BCUT2D eigenvalue weighted by Gasteiger charge is 2.26. The average Bonchev–Trinajstić information content (AvgIpc) is 3.37. The van der Waals surface area contributed by atoms with E-state index in [9.17, 15) is 0 Å². The highest BCUT2D eigenvalue weighted by Crippen LogP contribution is 2.28. The van der Waals surface area contributed by atoms with Crippen molar-refractivity contribution in [1.29, 1.82) is 0 Å². The number of likely N-dealkylation sites (tertiary alicyclic amines) is 1. The van der Waals surface area contributed by atoms with Crippen LogP contribution in [0.15, 0.2) is 18.6 Å². The van der Waals surface area contributed by atoms with Crippen molar-refractivity contribution >= 4 is 0 Å². The van der Waals surface area contributed by atoms with Crippen molar-refractivity contribution in [2.24, 2.45) is 7.05 Å². The Morgan fingerprint density at radius 2 is 2.04 bits per heavy atom. The minimum absolute atomic E-state index is 0.361. The molecule has 2 aliphatic rings. The summed E-state index contributed by atoms with van der Waals surface area (Å²) in [5.41, 5.74) is 1.81. The van der Waals surface area contributed by atoms with Gasteiger partial charge in [-0.15, -0.1) is 0 Å². The Labute approximate surface area is 164 Å². The summed E-state index contributed by atoms with van der Waals surface area (Å²) in [5, 5.41) is 12.7. The number of fused-ring (bicyclic) bond motifs is 1. The van der Waals surface area contributed by atoms with Crippen LogP contribution >= 0.6 is 0 Å². The summed E-state index contributed by atoms with van der Waals surface area (Å²) in [6, 6.07) is 0. The number of hydrogen-bond acceptors (Lipinski definition) is 6. The van der Waals surface area contributed by atoms with E-state index in [1.54, 1.807) is 4.68 Å². The zero-order valence-electron chi connectivity index (χ0n) is 16.5. The third-order valence-electron chi connectivity index (χ3n) is 5.69. The average molecular weight is 381 g/mol. The second kappa shape index (κ2) is 7.14. The highest BCUT2D eigenvalue weighted by molar-refractivity contribution is 5.53. The Morgan fingerprint density at radius 1 is 1.11 bits per heavy atom. The van der Waals surface area contributed by atoms with Crippen LogP contribution in [0, 0.1) is 0 Å². The maximum absolute atomic E-state index is 4.99. The summed E-state index contributed by atoms with van der Waals surface area (Å²) < 4.78 is 5.95. The largest absolute Gasteiger partial charge is 0.333 e. The van der Waals surface area contributed by atoms with E-state index in [1.807, 2.05) is 24.1 Å². The number of aryl methyl sites for hydroxylation is 1. The van der Waals surface area contributed by atoms with Crippen LogP contribution in [0.25, 0.3) is 17.2 Å². The Morgan fingerprint density at radius 3 is 2.86 bits per heavy atom. The summed E-state index contributed by atoms with van der Waals surface area (Å²) in [6.45, 7) is 5.02. The lowest BCUT2D eigenvalue weighted by atomic mass is 9.98. The van der Waals surface area contributed by atoms with E-state index in [1.165, 1.54) is 6.42 Å². The van der Waals surface area contributed by atoms with E-state index in [0.717, 1.165) is 74.4 Å². The molecule has 1 N–H and O–H groups in total. The Hall–Kier alpha value is -2.52. The molecule has 0 saturated carbocycles. The molecule has 5 heterocycles. The van der Waals surface area contributed by atoms with Crippen LogP contribution in [-0.2, 0) is 20.0 Å². The zero-order chi connectivity index (χ0) is 19.1. The molecule has 3 aromatic rings. The maximum Gasteiger partial charge on any atom is 0.183 e. The fourth-order valence-corrected chi connectivity index (χ4v) is 4.22. The summed E-state index contributed by atoms with van der Waals surface area (Å²) in [6.07, 6.45) is 9.17. The zero-order valence-corrected chi connectivity index (χ0v) is 16.5. The Bertz CT molecular complexity index is 943. The standard InChI is InChI=1S/C19H27N9/c1-25-8-3-4-14(11-25)18-23-19(28(24-18)15-10-21-26(2)12-15)16-13-27-9-7-20-6-5-17(27)22-16/h10,12-14,20H,3-9,11H2,1-2H3. The summed E-state index contributed by atoms with van der Waals surface area (Å²) in [4.78, 5) is 12.3. The summed E-state index contributed by atoms with van der Waals surface area (Å²) >= 11 is 0. The van der Waals surface area contributed by atoms with Crippen LogP contribution in [0.4, 0.5) is 0 Å². The molecule has 1 unspecified atom stereocenters. The molecule has 1 fully saturated rings. The first-order valence-corrected chi connectivity index (χ1v) is 10.1. The first kappa shape index (κ1) is 17.6. The van der Waals surface area contributed by atoms with Crippen LogP contribution in [0.1, 0.15) is 30.4 Å². The van der Waals surface area contributed by atoms with Crippen LogP contribution in [-0.4, -0.2) is 72.2 Å². The van der Waals surface area contributed by atoms with E-state index in [-0.39, 0.29) is 0 Å². The number of likely N-dealkylation sites (N-methyl/N-ethyl adjacent to an activating group) is 1. The van der Waals surface area contributed by atoms with Gasteiger partial charge in [-0.2, -0.15) is 10.2 Å². The first-order valence-electron chi connectivity index (χ1n) is 10.1. The molecular weight excluding hydrogens is 354 g/mol. The van der Waals surface area contributed by atoms with Crippen molar-refractivity contribution in [2.75, 3.05) is 33.2 Å². The lowest BCUT2D eigenvalue weighted by Crippen LogP contribution is -2.31.